The van der Waals surface area contributed by atoms with Crippen LogP contribution in [0.3, 0.4) is 0 Å². The predicted octanol–water partition coefficient (Wildman–Crippen LogP) is 4.89. The summed E-state index contributed by atoms with van der Waals surface area (Å²) in [5.74, 6) is -0.493. The molecule has 7 heteroatoms. The van der Waals surface area contributed by atoms with Crippen LogP contribution in [0.4, 0.5) is 5.69 Å². The second-order valence-electron chi connectivity index (χ2n) is 6.20. The zero-order valence-corrected chi connectivity index (χ0v) is 16.6. The average Bonchev–Trinajstić information content (AvgIpc) is 3.14. The number of nitrogens with one attached hydrogen (secondary N) is 1. The molecule has 0 atom stereocenters. The Hall–Kier alpha value is -2.96. The predicted molar refractivity (Wildman–Crippen MR) is 114 cm³/mol. The van der Waals surface area contributed by atoms with Crippen LogP contribution < -0.4 is 10.9 Å². The molecule has 0 saturated heterocycles. The lowest BCUT2D eigenvalue weighted by molar-refractivity contribution is 0.102. The van der Waals surface area contributed by atoms with Crippen LogP contribution in [0.25, 0.3) is 16.2 Å². The number of amides is 1. The SMILES string of the molecule is CCc1ccc(NC(=O)c2cnc3scc(-c4ccccc4Cl)n3c2=O)cc1. The Morgan fingerprint density at radius 3 is 2.64 bits per heavy atom. The average molecular weight is 410 g/mol. The molecule has 4 aromatic rings. The molecule has 0 aliphatic heterocycles. The maximum Gasteiger partial charge on any atom is 0.271 e. The first-order valence-electron chi connectivity index (χ1n) is 8.73. The van der Waals surface area contributed by atoms with Gasteiger partial charge in [-0.05, 0) is 30.2 Å². The van der Waals surface area contributed by atoms with Gasteiger partial charge in [0.15, 0.2) is 4.96 Å². The number of anilines is 1. The van der Waals surface area contributed by atoms with Gasteiger partial charge in [0, 0.05) is 27.9 Å². The number of hydrogen-bond donors (Lipinski definition) is 1. The number of halogens is 1. The molecule has 1 amide bonds. The Labute approximate surface area is 170 Å². The first-order valence-corrected chi connectivity index (χ1v) is 9.98. The van der Waals surface area contributed by atoms with Crippen LogP contribution in [0.5, 0.6) is 0 Å². The van der Waals surface area contributed by atoms with E-state index in [0.29, 0.717) is 26.9 Å². The summed E-state index contributed by atoms with van der Waals surface area (Å²) in [7, 11) is 0. The van der Waals surface area contributed by atoms with Gasteiger partial charge in [-0.1, -0.05) is 48.9 Å². The fourth-order valence-electron chi connectivity index (χ4n) is 2.93. The fourth-order valence-corrected chi connectivity index (χ4v) is 4.01. The van der Waals surface area contributed by atoms with Crippen LogP contribution in [-0.4, -0.2) is 15.3 Å². The normalized spacial score (nSPS) is 10.9. The molecule has 0 aliphatic rings. The lowest BCUT2D eigenvalue weighted by Crippen LogP contribution is -2.26. The van der Waals surface area contributed by atoms with Crippen molar-refractivity contribution >= 4 is 39.5 Å². The summed E-state index contributed by atoms with van der Waals surface area (Å²) < 4.78 is 1.43. The number of hydrogen-bond acceptors (Lipinski definition) is 4. The van der Waals surface area contributed by atoms with E-state index in [9.17, 15) is 9.59 Å². The molecule has 2 aromatic carbocycles. The third-order valence-corrected chi connectivity index (χ3v) is 5.63. The van der Waals surface area contributed by atoms with Crippen molar-refractivity contribution in [3.8, 4) is 11.3 Å². The molecule has 0 spiro atoms. The molecular weight excluding hydrogens is 394 g/mol. The van der Waals surface area contributed by atoms with Gasteiger partial charge in [-0.2, -0.15) is 0 Å². The van der Waals surface area contributed by atoms with Gasteiger partial charge in [-0.3, -0.25) is 14.0 Å². The van der Waals surface area contributed by atoms with Crippen molar-refractivity contribution in [3.63, 3.8) is 0 Å². The van der Waals surface area contributed by atoms with Crippen LogP contribution >= 0.6 is 22.9 Å². The van der Waals surface area contributed by atoms with Gasteiger partial charge < -0.3 is 5.32 Å². The van der Waals surface area contributed by atoms with Gasteiger partial charge in [-0.25, -0.2) is 4.98 Å². The Morgan fingerprint density at radius 1 is 1.18 bits per heavy atom. The summed E-state index contributed by atoms with van der Waals surface area (Å²) in [6, 6.07) is 14.8. The van der Waals surface area contributed by atoms with Crippen LogP contribution in [0, 0.1) is 0 Å². The van der Waals surface area contributed by atoms with E-state index in [2.05, 4.69) is 17.2 Å². The van der Waals surface area contributed by atoms with Gasteiger partial charge in [0.2, 0.25) is 0 Å². The third-order valence-electron chi connectivity index (χ3n) is 4.46. The largest absolute Gasteiger partial charge is 0.322 e. The first-order chi connectivity index (χ1) is 13.6. The molecule has 2 heterocycles. The Kier molecular flexibility index (Phi) is 4.98. The van der Waals surface area contributed by atoms with Gasteiger partial charge in [0.05, 0.1) is 5.69 Å². The van der Waals surface area contributed by atoms with Crippen molar-refractivity contribution in [2.24, 2.45) is 0 Å². The zero-order valence-electron chi connectivity index (χ0n) is 15.0. The number of nitrogens with zero attached hydrogens (tertiary/aromatic N) is 2. The molecule has 0 bridgehead atoms. The van der Waals surface area contributed by atoms with Crippen LogP contribution in [0.1, 0.15) is 22.8 Å². The van der Waals surface area contributed by atoms with E-state index < -0.39 is 11.5 Å². The molecule has 0 fully saturated rings. The Balaban J connectivity index is 1.75. The monoisotopic (exact) mass is 409 g/mol. The topological polar surface area (TPSA) is 63.5 Å². The fraction of sp³-hybridized carbons (Fsp3) is 0.0952. The van der Waals surface area contributed by atoms with E-state index in [1.165, 1.54) is 27.5 Å². The second-order valence-corrected chi connectivity index (χ2v) is 7.44. The number of benzene rings is 2. The summed E-state index contributed by atoms with van der Waals surface area (Å²) in [5.41, 5.74) is 2.68. The second kappa shape index (κ2) is 7.58. The minimum Gasteiger partial charge on any atom is -0.322 e. The summed E-state index contributed by atoms with van der Waals surface area (Å²) in [5, 5.41) is 5.11. The van der Waals surface area contributed by atoms with Gasteiger partial charge in [0.25, 0.3) is 11.5 Å². The standard InChI is InChI=1S/C21H16ClN3O2S/c1-2-13-7-9-14(10-8-13)24-19(26)16-11-23-21-25(20(16)27)18(12-28-21)15-5-3-4-6-17(15)22/h3-12H,2H2,1H3,(H,24,26). The number of rotatable bonds is 4. The minimum atomic E-state index is -0.493. The number of carbonyl (C=O) groups is 1. The van der Waals surface area contributed by atoms with Crippen molar-refractivity contribution < 1.29 is 4.79 Å². The first kappa shape index (κ1) is 18.4. The van der Waals surface area contributed by atoms with Crippen LogP contribution in [0.2, 0.25) is 5.02 Å². The van der Waals surface area contributed by atoms with Crippen LogP contribution in [-0.2, 0) is 6.42 Å². The van der Waals surface area contributed by atoms with Gasteiger partial charge in [-0.15, -0.1) is 11.3 Å². The van der Waals surface area contributed by atoms with Crippen LogP contribution in [0.15, 0.2) is 64.9 Å². The summed E-state index contributed by atoms with van der Waals surface area (Å²) in [4.78, 5) is 30.5. The lowest BCUT2D eigenvalue weighted by Gasteiger charge is -2.07. The molecule has 1 N–H and O–H groups in total. The Bertz CT molecular complexity index is 1230. The number of carbonyl (C=O) groups excluding carboxylic acids is 1. The highest BCUT2D eigenvalue weighted by molar-refractivity contribution is 7.15. The van der Waals surface area contributed by atoms with E-state index in [-0.39, 0.29) is 5.56 Å². The van der Waals surface area contributed by atoms with Crippen molar-refractivity contribution in [1.82, 2.24) is 9.38 Å². The quantitative estimate of drug-likeness (QED) is 0.521. The number of aryl methyl sites for hydroxylation is 1. The molecule has 5 nitrogen and oxygen atoms in total. The van der Waals surface area contributed by atoms with E-state index in [1.54, 1.807) is 6.07 Å². The highest BCUT2D eigenvalue weighted by atomic mass is 35.5. The Morgan fingerprint density at radius 2 is 1.93 bits per heavy atom. The minimum absolute atomic E-state index is 0.0243. The summed E-state index contributed by atoms with van der Waals surface area (Å²) in [6.45, 7) is 2.06. The van der Waals surface area contributed by atoms with Gasteiger partial charge in [0.1, 0.15) is 5.56 Å². The number of thiazole rings is 1. The smallest absolute Gasteiger partial charge is 0.271 e. The highest BCUT2D eigenvalue weighted by Gasteiger charge is 2.18. The maximum absolute atomic E-state index is 13.1. The van der Waals surface area contributed by atoms with Crippen molar-refractivity contribution in [2.45, 2.75) is 13.3 Å². The molecule has 2 aromatic heterocycles. The van der Waals surface area contributed by atoms with Gasteiger partial charge >= 0.3 is 0 Å². The lowest BCUT2D eigenvalue weighted by atomic mass is 10.1. The van der Waals surface area contributed by atoms with E-state index >= 15 is 0 Å². The van der Waals surface area contributed by atoms with Crippen molar-refractivity contribution in [1.29, 1.82) is 0 Å². The molecule has 0 saturated carbocycles. The highest BCUT2D eigenvalue weighted by Crippen LogP contribution is 2.30. The van der Waals surface area contributed by atoms with E-state index in [1.807, 2.05) is 47.8 Å². The van der Waals surface area contributed by atoms with Crippen molar-refractivity contribution in [2.75, 3.05) is 5.32 Å². The number of fused-ring (bicyclic) bond motifs is 1. The molecule has 28 heavy (non-hydrogen) atoms. The van der Waals surface area contributed by atoms with Crippen molar-refractivity contribution in [3.05, 3.63) is 86.6 Å². The molecule has 0 radical (unpaired) electrons. The molecule has 0 unspecified atom stereocenters. The summed E-state index contributed by atoms with van der Waals surface area (Å²) in [6.07, 6.45) is 2.24. The molecule has 4 rings (SSSR count). The van der Waals surface area contributed by atoms with E-state index in [4.69, 9.17) is 11.6 Å². The maximum atomic E-state index is 13.1. The number of aromatic nitrogens is 2. The summed E-state index contributed by atoms with van der Waals surface area (Å²) >= 11 is 7.61. The molecule has 140 valence electrons. The molecule has 0 aliphatic carbocycles. The van der Waals surface area contributed by atoms with E-state index in [0.717, 1.165) is 6.42 Å². The third kappa shape index (κ3) is 3.32. The zero-order chi connectivity index (χ0) is 19.7. The molecular formula is C21H16ClN3O2S.